The van der Waals surface area contributed by atoms with E-state index in [1.54, 1.807) is 12.4 Å². The van der Waals surface area contributed by atoms with Crippen LogP contribution in [0.5, 0.6) is 0 Å². The Morgan fingerprint density at radius 1 is 1.46 bits per heavy atom. The molecule has 0 radical (unpaired) electrons. The van der Waals surface area contributed by atoms with Crippen LogP contribution >= 0.6 is 23.7 Å². The first-order valence-corrected chi connectivity index (χ1v) is 4.25. The van der Waals surface area contributed by atoms with Gasteiger partial charge in [-0.2, -0.15) is 0 Å². The van der Waals surface area contributed by atoms with E-state index in [9.17, 15) is 0 Å². The molecule has 0 aliphatic heterocycles. The Bertz CT molecular complexity index is 359. The van der Waals surface area contributed by atoms with E-state index in [2.05, 4.69) is 9.97 Å². The van der Waals surface area contributed by atoms with Gasteiger partial charge in [0.1, 0.15) is 0 Å². The zero-order chi connectivity index (χ0) is 8.39. The molecule has 0 aliphatic carbocycles. The number of hydrogen-bond donors (Lipinski definition) is 1. The summed E-state index contributed by atoms with van der Waals surface area (Å²) < 4.78 is 5.07. The molecule has 2 heterocycles. The molecule has 2 N–H and O–H groups in total. The lowest BCUT2D eigenvalue weighted by molar-refractivity contribution is 0.571. The van der Waals surface area contributed by atoms with Crippen molar-refractivity contribution < 1.29 is 4.42 Å². The van der Waals surface area contributed by atoms with Crippen LogP contribution in [0.2, 0.25) is 0 Å². The second kappa shape index (κ2) is 4.36. The largest absolute Gasteiger partial charge is 0.441 e. The molecule has 70 valence electrons. The molecule has 0 saturated heterocycles. The number of thiazole rings is 1. The fraction of sp³-hybridized carbons (Fsp3) is 0.143. The van der Waals surface area contributed by atoms with E-state index in [1.165, 1.54) is 17.7 Å². The van der Waals surface area contributed by atoms with E-state index in [4.69, 9.17) is 10.2 Å². The lowest BCUT2D eigenvalue weighted by atomic mass is 10.5. The number of oxazole rings is 1. The summed E-state index contributed by atoms with van der Waals surface area (Å²) in [6.45, 7) is 0.520. The van der Waals surface area contributed by atoms with Gasteiger partial charge < -0.3 is 10.2 Å². The molecule has 6 heteroatoms. The summed E-state index contributed by atoms with van der Waals surface area (Å²) in [5.74, 6) is 0.694. The molecule has 13 heavy (non-hydrogen) atoms. The molecule has 0 amide bonds. The van der Waals surface area contributed by atoms with Gasteiger partial charge in [-0.25, -0.2) is 9.97 Å². The quantitative estimate of drug-likeness (QED) is 0.831. The van der Waals surface area contributed by atoms with Crippen LogP contribution in [0, 0.1) is 0 Å². The minimum absolute atomic E-state index is 0. The van der Waals surface area contributed by atoms with Crippen molar-refractivity contribution in [3.8, 4) is 10.8 Å². The van der Waals surface area contributed by atoms with Crippen molar-refractivity contribution in [1.29, 1.82) is 0 Å². The molecule has 0 atom stereocenters. The van der Waals surface area contributed by atoms with Crippen molar-refractivity contribution in [2.75, 3.05) is 0 Å². The second-order valence-corrected chi connectivity index (χ2v) is 3.32. The minimum Gasteiger partial charge on any atom is -0.441 e. The van der Waals surface area contributed by atoms with Crippen molar-refractivity contribution in [3.63, 3.8) is 0 Å². The van der Waals surface area contributed by atoms with E-state index in [0.29, 0.717) is 12.3 Å². The normalized spacial score (nSPS) is 9.62. The smallest absolute Gasteiger partial charge is 0.182 e. The molecule has 4 nitrogen and oxygen atoms in total. The number of hydrogen-bond acceptors (Lipinski definition) is 5. The van der Waals surface area contributed by atoms with Crippen LogP contribution in [-0.2, 0) is 6.54 Å². The standard InChI is InChI=1S/C7H7N3OS.ClH/c8-1-5-2-10-7(12-5)6-3-9-4-11-6;/h2-4H,1,8H2;1H. The summed E-state index contributed by atoms with van der Waals surface area (Å²) >= 11 is 1.52. The van der Waals surface area contributed by atoms with Gasteiger partial charge in [-0.15, -0.1) is 23.7 Å². The number of nitrogens with zero attached hydrogens (tertiary/aromatic N) is 2. The average molecular weight is 218 g/mol. The minimum atomic E-state index is 0. The van der Waals surface area contributed by atoms with Crippen LogP contribution in [0.3, 0.4) is 0 Å². The molecule has 0 saturated carbocycles. The number of aromatic nitrogens is 2. The molecule has 0 aliphatic rings. The Morgan fingerprint density at radius 2 is 2.31 bits per heavy atom. The maximum atomic E-state index is 5.44. The van der Waals surface area contributed by atoms with Gasteiger partial charge in [0.15, 0.2) is 17.2 Å². The van der Waals surface area contributed by atoms with Gasteiger partial charge >= 0.3 is 0 Å². The molecule has 0 aromatic carbocycles. The summed E-state index contributed by atoms with van der Waals surface area (Å²) in [7, 11) is 0. The number of nitrogens with two attached hydrogens (primary N) is 1. The highest BCUT2D eigenvalue weighted by Crippen LogP contribution is 2.23. The van der Waals surface area contributed by atoms with Crippen LogP contribution in [0.1, 0.15) is 4.88 Å². The van der Waals surface area contributed by atoms with Crippen molar-refractivity contribution in [1.82, 2.24) is 9.97 Å². The van der Waals surface area contributed by atoms with Gasteiger partial charge in [0.05, 0.1) is 6.20 Å². The highest BCUT2D eigenvalue weighted by atomic mass is 35.5. The van der Waals surface area contributed by atoms with Gasteiger partial charge in [-0.05, 0) is 0 Å². The number of halogens is 1. The highest BCUT2D eigenvalue weighted by Gasteiger charge is 2.05. The summed E-state index contributed by atoms with van der Waals surface area (Å²) in [6.07, 6.45) is 4.78. The molecule has 2 aromatic rings. The van der Waals surface area contributed by atoms with Crippen LogP contribution in [0.25, 0.3) is 10.8 Å². The predicted octanol–water partition coefficient (Wildman–Crippen LogP) is 1.68. The second-order valence-electron chi connectivity index (χ2n) is 2.20. The van der Waals surface area contributed by atoms with E-state index < -0.39 is 0 Å². The Morgan fingerprint density at radius 3 is 2.85 bits per heavy atom. The monoisotopic (exact) mass is 217 g/mol. The first-order valence-electron chi connectivity index (χ1n) is 3.44. The van der Waals surface area contributed by atoms with Crippen LogP contribution in [0.4, 0.5) is 0 Å². The maximum absolute atomic E-state index is 5.44. The third kappa shape index (κ3) is 2.06. The fourth-order valence-corrected chi connectivity index (χ4v) is 1.58. The summed E-state index contributed by atoms with van der Waals surface area (Å²) in [5.41, 5.74) is 5.44. The zero-order valence-electron chi connectivity index (χ0n) is 6.64. The SMILES string of the molecule is Cl.NCc1cnc(-c2cnco2)s1. The Balaban J connectivity index is 0.000000845. The molecule has 2 aromatic heterocycles. The van der Waals surface area contributed by atoms with Crippen molar-refractivity contribution in [2.24, 2.45) is 5.73 Å². The van der Waals surface area contributed by atoms with Crippen LogP contribution < -0.4 is 5.73 Å². The van der Waals surface area contributed by atoms with Crippen molar-refractivity contribution in [3.05, 3.63) is 23.7 Å². The van der Waals surface area contributed by atoms with Gasteiger partial charge in [-0.1, -0.05) is 0 Å². The lowest BCUT2D eigenvalue weighted by Crippen LogP contribution is -1.91. The maximum Gasteiger partial charge on any atom is 0.182 e. The topological polar surface area (TPSA) is 64.9 Å². The molecular weight excluding hydrogens is 210 g/mol. The van der Waals surface area contributed by atoms with E-state index in [0.717, 1.165) is 9.88 Å². The molecular formula is C7H8ClN3OS. The molecule has 0 fully saturated rings. The van der Waals surface area contributed by atoms with Gasteiger partial charge in [0, 0.05) is 17.6 Å². The zero-order valence-corrected chi connectivity index (χ0v) is 8.27. The van der Waals surface area contributed by atoms with E-state index >= 15 is 0 Å². The summed E-state index contributed by atoms with van der Waals surface area (Å²) in [5, 5.41) is 0.827. The Hall–Kier alpha value is -0.910. The van der Waals surface area contributed by atoms with Gasteiger partial charge in [0.2, 0.25) is 0 Å². The summed E-state index contributed by atoms with van der Waals surface area (Å²) in [6, 6.07) is 0. The number of rotatable bonds is 2. The average Bonchev–Trinajstić information content (AvgIpc) is 2.75. The molecule has 0 unspecified atom stereocenters. The van der Waals surface area contributed by atoms with Crippen molar-refractivity contribution in [2.45, 2.75) is 6.54 Å². The van der Waals surface area contributed by atoms with Gasteiger partial charge in [-0.3, -0.25) is 0 Å². The first kappa shape index (κ1) is 10.2. The Kier molecular flexibility index (Phi) is 3.41. The Labute approximate surface area is 85.2 Å². The third-order valence-electron chi connectivity index (χ3n) is 1.40. The predicted molar refractivity (Wildman–Crippen MR) is 52.8 cm³/mol. The van der Waals surface area contributed by atoms with Crippen LogP contribution in [-0.4, -0.2) is 9.97 Å². The first-order chi connectivity index (χ1) is 5.90. The van der Waals surface area contributed by atoms with Gasteiger partial charge in [0.25, 0.3) is 0 Å². The molecule has 2 rings (SSSR count). The molecule has 0 bridgehead atoms. The van der Waals surface area contributed by atoms with Crippen LogP contribution in [0.15, 0.2) is 23.2 Å². The van der Waals surface area contributed by atoms with Crippen molar-refractivity contribution >= 4 is 23.7 Å². The van der Waals surface area contributed by atoms with E-state index in [-0.39, 0.29) is 12.4 Å². The molecule has 0 spiro atoms. The highest BCUT2D eigenvalue weighted by molar-refractivity contribution is 7.14. The summed E-state index contributed by atoms with van der Waals surface area (Å²) in [4.78, 5) is 8.98. The third-order valence-corrected chi connectivity index (χ3v) is 2.43. The lowest BCUT2D eigenvalue weighted by Gasteiger charge is -1.84. The van der Waals surface area contributed by atoms with E-state index in [1.807, 2.05) is 0 Å². The fourth-order valence-electron chi connectivity index (χ4n) is 0.837.